The van der Waals surface area contributed by atoms with Gasteiger partial charge in [0.1, 0.15) is 12.1 Å². The fourth-order valence-electron chi connectivity index (χ4n) is 0.954. The first-order valence-electron chi connectivity index (χ1n) is 4.27. The van der Waals surface area contributed by atoms with Crippen LogP contribution >= 0.6 is 27.5 Å². The van der Waals surface area contributed by atoms with Crippen molar-refractivity contribution in [3.8, 4) is 12.1 Å². The normalized spacial score (nSPS) is 8.89. The maximum atomic E-state index is 10.7. The van der Waals surface area contributed by atoms with Gasteiger partial charge in [-0.15, -0.1) is 0 Å². The van der Waals surface area contributed by atoms with Crippen molar-refractivity contribution in [3.63, 3.8) is 0 Å². The van der Waals surface area contributed by atoms with Gasteiger partial charge in [0.15, 0.2) is 0 Å². The molecule has 0 aromatic heterocycles. The summed E-state index contributed by atoms with van der Waals surface area (Å²) >= 11 is 8.82. The van der Waals surface area contributed by atoms with Crippen LogP contribution in [0.5, 0.6) is 0 Å². The molecule has 0 fully saturated rings. The van der Waals surface area contributed by atoms with Gasteiger partial charge in [0.2, 0.25) is 5.71 Å². The van der Waals surface area contributed by atoms with Crippen molar-refractivity contribution in [2.45, 2.75) is 0 Å². The van der Waals surface area contributed by atoms with Crippen LogP contribution < -0.4 is 5.43 Å². The summed E-state index contributed by atoms with van der Waals surface area (Å²) in [6.45, 7) is 0. The number of nitro benzene ring substituents is 1. The summed E-state index contributed by atoms with van der Waals surface area (Å²) in [4.78, 5) is 10.1. The summed E-state index contributed by atoms with van der Waals surface area (Å²) < 4.78 is 0.216. The van der Waals surface area contributed by atoms with Crippen molar-refractivity contribution < 1.29 is 4.92 Å². The standard InChI is InChI=1S/C9H3BrClN5O2/c10-6-1-7(11)8(2-9(6)16(17)18)15-14-5(3-12)4-13/h1-2,15H. The zero-order valence-corrected chi connectivity index (χ0v) is 10.9. The van der Waals surface area contributed by atoms with E-state index in [0.29, 0.717) is 0 Å². The summed E-state index contributed by atoms with van der Waals surface area (Å²) in [5.41, 5.74) is 1.81. The molecule has 90 valence electrons. The summed E-state index contributed by atoms with van der Waals surface area (Å²) in [6, 6.07) is 5.52. The second kappa shape index (κ2) is 5.96. The van der Waals surface area contributed by atoms with Gasteiger partial charge < -0.3 is 0 Å². The molecule has 1 rings (SSSR count). The molecule has 0 amide bonds. The number of hydrazone groups is 1. The van der Waals surface area contributed by atoms with E-state index < -0.39 is 10.6 Å². The lowest BCUT2D eigenvalue weighted by atomic mass is 10.3. The quantitative estimate of drug-likeness (QED) is 0.520. The Bertz CT molecular complexity index is 601. The molecule has 9 heteroatoms. The molecule has 0 saturated carbocycles. The van der Waals surface area contributed by atoms with Crippen molar-refractivity contribution in [1.82, 2.24) is 0 Å². The predicted octanol–water partition coefficient (Wildman–Crippen LogP) is 2.83. The molecule has 18 heavy (non-hydrogen) atoms. The van der Waals surface area contributed by atoms with Crippen LogP contribution in [0.4, 0.5) is 11.4 Å². The Kier molecular flexibility index (Phi) is 4.60. The molecular weight excluding hydrogens is 325 g/mol. The average molecular weight is 329 g/mol. The highest BCUT2D eigenvalue weighted by atomic mass is 79.9. The lowest BCUT2D eigenvalue weighted by Gasteiger charge is -2.04. The van der Waals surface area contributed by atoms with Crippen LogP contribution in [0.3, 0.4) is 0 Å². The van der Waals surface area contributed by atoms with Gasteiger partial charge in [-0.1, -0.05) is 11.6 Å². The van der Waals surface area contributed by atoms with E-state index >= 15 is 0 Å². The lowest BCUT2D eigenvalue weighted by Crippen LogP contribution is -1.98. The number of nitrogens with zero attached hydrogens (tertiary/aromatic N) is 4. The summed E-state index contributed by atoms with van der Waals surface area (Å²) in [6.07, 6.45) is 0. The van der Waals surface area contributed by atoms with Crippen molar-refractivity contribution in [2.75, 3.05) is 5.43 Å². The minimum absolute atomic E-state index is 0.120. The van der Waals surface area contributed by atoms with E-state index in [4.69, 9.17) is 22.1 Å². The second-order valence-corrected chi connectivity index (χ2v) is 4.10. The first-order chi connectivity index (χ1) is 8.49. The SMILES string of the molecule is N#CC(C#N)=NNc1cc([N+](=O)[O-])c(Br)cc1Cl. The molecule has 0 saturated heterocycles. The van der Waals surface area contributed by atoms with Crippen LogP contribution in [-0.4, -0.2) is 10.6 Å². The number of hydrogen-bond donors (Lipinski definition) is 1. The van der Waals surface area contributed by atoms with E-state index in [0.717, 1.165) is 6.07 Å². The molecule has 0 aliphatic heterocycles. The van der Waals surface area contributed by atoms with E-state index in [1.54, 1.807) is 0 Å². The molecule has 1 N–H and O–H groups in total. The molecule has 0 spiro atoms. The van der Waals surface area contributed by atoms with Crippen molar-refractivity contribution in [3.05, 3.63) is 31.7 Å². The molecule has 1 aromatic carbocycles. The molecule has 7 nitrogen and oxygen atoms in total. The number of rotatable bonds is 3. The lowest BCUT2D eigenvalue weighted by molar-refractivity contribution is -0.385. The van der Waals surface area contributed by atoms with E-state index in [-0.39, 0.29) is 20.9 Å². The van der Waals surface area contributed by atoms with Crippen LogP contribution in [0, 0.1) is 32.8 Å². The van der Waals surface area contributed by atoms with Gasteiger partial charge in [-0.2, -0.15) is 15.6 Å². The van der Waals surface area contributed by atoms with E-state index in [2.05, 4.69) is 26.5 Å². The molecule has 0 aliphatic rings. The van der Waals surface area contributed by atoms with E-state index in [1.165, 1.54) is 18.2 Å². The highest BCUT2D eigenvalue weighted by Crippen LogP contribution is 2.34. The second-order valence-electron chi connectivity index (χ2n) is 2.84. The highest BCUT2D eigenvalue weighted by molar-refractivity contribution is 9.10. The number of nitro groups is 1. The molecular formula is C9H3BrClN5O2. The average Bonchev–Trinajstić information content (AvgIpc) is 2.32. The van der Waals surface area contributed by atoms with Gasteiger partial charge >= 0.3 is 0 Å². The molecule has 0 heterocycles. The third kappa shape index (κ3) is 3.17. The Morgan fingerprint density at radius 1 is 1.50 bits per heavy atom. The minimum Gasteiger partial charge on any atom is -0.275 e. The number of nitrogens with one attached hydrogen (secondary N) is 1. The largest absolute Gasteiger partial charge is 0.285 e. The van der Waals surface area contributed by atoms with Gasteiger partial charge in [0.05, 0.1) is 20.1 Å². The summed E-state index contributed by atoms with van der Waals surface area (Å²) in [5, 5.41) is 31.2. The Morgan fingerprint density at radius 2 is 2.11 bits per heavy atom. The van der Waals surface area contributed by atoms with Crippen LogP contribution in [0.2, 0.25) is 5.02 Å². The zero-order chi connectivity index (χ0) is 13.7. The first-order valence-corrected chi connectivity index (χ1v) is 5.44. The molecule has 0 aliphatic carbocycles. The highest BCUT2D eigenvalue weighted by Gasteiger charge is 2.15. The van der Waals surface area contributed by atoms with Crippen LogP contribution in [0.1, 0.15) is 0 Å². The number of benzene rings is 1. The van der Waals surface area contributed by atoms with Crippen LogP contribution in [0.15, 0.2) is 21.7 Å². The van der Waals surface area contributed by atoms with E-state index in [9.17, 15) is 10.1 Å². The van der Waals surface area contributed by atoms with Crippen LogP contribution in [0.25, 0.3) is 0 Å². The Balaban J connectivity index is 3.16. The van der Waals surface area contributed by atoms with Gasteiger partial charge in [0.25, 0.3) is 5.69 Å². The maximum Gasteiger partial charge on any atom is 0.285 e. The van der Waals surface area contributed by atoms with Crippen LogP contribution in [-0.2, 0) is 0 Å². The zero-order valence-electron chi connectivity index (χ0n) is 8.52. The molecule has 0 atom stereocenters. The van der Waals surface area contributed by atoms with Gasteiger partial charge in [0, 0.05) is 6.07 Å². The third-order valence-electron chi connectivity index (χ3n) is 1.73. The number of nitriles is 2. The van der Waals surface area contributed by atoms with Crippen molar-refractivity contribution in [1.29, 1.82) is 10.5 Å². The fraction of sp³-hybridized carbons (Fsp3) is 0. The third-order valence-corrected chi connectivity index (χ3v) is 2.68. The monoisotopic (exact) mass is 327 g/mol. The summed E-state index contributed by atoms with van der Waals surface area (Å²) in [7, 11) is 0. The van der Waals surface area contributed by atoms with Gasteiger partial charge in [-0.3, -0.25) is 15.5 Å². The van der Waals surface area contributed by atoms with Gasteiger partial charge in [-0.05, 0) is 22.0 Å². The number of anilines is 1. The Labute approximate surface area is 115 Å². The molecule has 0 unspecified atom stereocenters. The Morgan fingerprint density at radius 3 is 2.61 bits per heavy atom. The van der Waals surface area contributed by atoms with E-state index in [1.807, 2.05) is 0 Å². The first kappa shape index (κ1) is 13.9. The number of hydrogen-bond acceptors (Lipinski definition) is 6. The Hall–Kier alpha value is -2.16. The molecule has 0 bridgehead atoms. The topological polar surface area (TPSA) is 115 Å². The van der Waals surface area contributed by atoms with Gasteiger partial charge in [-0.25, -0.2) is 0 Å². The van der Waals surface area contributed by atoms with Crippen molar-refractivity contribution >= 4 is 44.6 Å². The predicted molar refractivity (Wildman–Crippen MR) is 68.1 cm³/mol. The number of halogens is 2. The minimum atomic E-state index is -0.606. The fourth-order valence-corrected chi connectivity index (χ4v) is 1.78. The molecule has 1 aromatic rings. The summed E-state index contributed by atoms with van der Waals surface area (Å²) in [5.74, 6) is 0. The smallest absolute Gasteiger partial charge is 0.275 e. The van der Waals surface area contributed by atoms with Crippen molar-refractivity contribution in [2.24, 2.45) is 5.10 Å². The maximum absolute atomic E-state index is 10.7. The molecule has 0 radical (unpaired) electrons.